The van der Waals surface area contributed by atoms with Gasteiger partial charge in [0, 0.05) is 18.3 Å². The zero-order chi connectivity index (χ0) is 13.4. The molecule has 0 bridgehead atoms. The molecule has 0 spiro atoms. The third-order valence-corrected chi connectivity index (χ3v) is 4.24. The van der Waals surface area contributed by atoms with E-state index in [9.17, 15) is 9.59 Å². The SMILES string of the molecule is CC(C)(CO)COC(=O)C1(C2CCC(=O)C2)CC1. The fraction of sp³-hybridized carbons (Fsp3) is 0.857. The molecule has 0 aromatic heterocycles. The summed E-state index contributed by atoms with van der Waals surface area (Å²) in [6, 6.07) is 0. The Kier molecular flexibility index (Phi) is 3.49. The second kappa shape index (κ2) is 4.65. The topological polar surface area (TPSA) is 63.6 Å². The van der Waals surface area contributed by atoms with Crippen molar-refractivity contribution in [2.24, 2.45) is 16.7 Å². The van der Waals surface area contributed by atoms with Crippen molar-refractivity contribution in [1.29, 1.82) is 0 Å². The summed E-state index contributed by atoms with van der Waals surface area (Å²) in [5, 5.41) is 9.14. The molecule has 0 heterocycles. The Labute approximate surface area is 108 Å². The van der Waals surface area contributed by atoms with E-state index in [-0.39, 0.29) is 36.3 Å². The van der Waals surface area contributed by atoms with Gasteiger partial charge in [0.25, 0.3) is 0 Å². The molecular weight excluding hydrogens is 232 g/mol. The Morgan fingerprint density at radius 3 is 2.61 bits per heavy atom. The molecule has 2 fully saturated rings. The summed E-state index contributed by atoms with van der Waals surface area (Å²) in [5.74, 6) is 0.299. The average Bonchev–Trinajstić information content (AvgIpc) is 3.04. The van der Waals surface area contributed by atoms with Crippen molar-refractivity contribution in [2.75, 3.05) is 13.2 Å². The highest BCUT2D eigenvalue weighted by molar-refractivity contribution is 5.85. The van der Waals surface area contributed by atoms with Gasteiger partial charge < -0.3 is 9.84 Å². The Morgan fingerprint density at radius 1 is 1.50 bits per heavy atom. The number of ether oxygens (including phenoxy) is 1. The van der Waals surface area contributed by atoms with E-state index in [0.717, 1.165) is 19.3 Å². The van der Waals surface area contributed by atoms with Crippen molar-refractivity contribution in [2.45, 2.75) is 46.0 Å². The summed E-state index contributed by atoms with van der Waals surface area (Å²) >= 11 is 0. The minimum Gasteiger partial charge on any atom is -0.465 e. The van der Waals surface area contributed by atoms with E-state index in [4.69, 9.17) is 9.84 Å². The van der Waals surface area contributed by atoms with Gasteiger partial charge in [-0.25, -0.2) is 0 Å². The van der Waals surface area contributed by atoms with Crippen molar-refractivity contribution < 1.29 is 19.4 Å². The minimum atomic E-state index is -0.392. The van der Waals surface area contributed by atoms with Gasteiger partial charge in [-0.3, -0.25) is 9.59 Å². The monoisotopic (exact) mass is 254 g/mol. The van der Waals surface area contributed by atoms with E-state index in [1.807, 2.05) is 13.8 Å². The van der Waals surface area contributed by atoms with Gasteiger partial charge in [-0.15, -0.1) is 0 Å². The number of esters is 1. The highest BCUT2D eigenvalue weighted by atomic mass is 16.5. The molecule has 102 valence electrons. The summed E-state index contributed by atoms with van der Waals surface area (Å²) < 4.78 is 5.36. The van der Waals surface area contributed by atoms with Gasteiger partial charge in [-0.05, 0) is 25.2 Å². The molecule has 1 N–H and O–H groups in total. The summed E-state index contributed by atoms with van der Waals surface area (Å²) in [6.45, 7) is 3.96. The standard InChI is InChI=1S/C14H22O4/c1-13(2,8-15)9-18-12(17)14(5-6-14)10-3-4-11(16)7-10/h10,15H,3-9H2,1-2H3. The van der Waals surface area contributed by atoms with Gasteiger partial charge in [0.15, 0.2) is 0 Å². The third-order valence-electron chi connectivity index (χ3n) is 4.24. The number of hydrogen-bond donors (Lipinski definition) is 1. The largest absolute Gasteiger partial charge is 0.465 e. The molecule has 2 aliphatic rings. The van der Waals surface area contributed by atoms with Crippen LogP contribution < -0.4 is 0 Å². The first-order chi connectivity index (χ1) is 8.39. The fourth-order valence-corrected chi connectivity index (χ4v) is 2.65. The Bertz CT molecular complexity index is 355. The van der Waals surface area contributed by atoms with E-state index in [1.54, 1.807) is 0 Å². The molecule has 1 unspecified atom stereocenters. The number of carbonyl (C=O) groups is 2. The van der Waals surface area contributed by atoms with Gasteiger partial charge in [0.05, 0.1) is 18.6 Å². The molecular formula is C14H22O4. The van der Waals surface area contributed by atoms with Crippen LogP contribution in [0.2, 0.25) is 0 Å². The predicted molar refractivity (Wildman–Crippen MR) is 65.8 cm³/mol. The normalized spacial score (nSPS) is 26.2. The molecule has 0 aliphatic heterocycles. The lowest BCUT2D eigenvalue weighted by atomic mass is 9.87. The van der Waals surface area contributed by atoms with Crippen molar-refractivity contribution in [3.63, 3.8) is 0 Å². The van der Waals surface area contributed by atoms with Gasteiger partial charge in [-0.2, -0.15) is 0 Å². The second-order valence-corrected chi connectivity index (χ2v) is 6.53. The van der Waals surface area contributed by atoms with Crippen LogP contribution in [0.5, 0.6) is 0 Å². The number of aliphatic hydroxyl groups is 1. The van der Waals surface area contributed by atoms with Crippen LogP contribution in [0.4, 0.5) is 0 Å². The zero-order valence-electron chi connectivity index (χ0n) is 11.2. The summed E-state index contributed by atoms with van der Waals surface area (Å²) in [5.41, 5.74) is -0.769. The van der Waals surface area contributed by atoms with E-state index < -0.39 is 5.41 Å². The van der Waals surface area contributed by atoms with Crippen molar-refractivity contribution >= 4 is 11.8 Å². The van der Waals surface area contributed by atoms with Gasteiger partial charge in [0.2, 0.25) is 0 Å². The Morgan fingerprint density at radius 2 is 2.17 bits per heavy atom. The number of hydrogen-bond acceptors (Lipinski definition) is 4. The number of Topliss-reactive ketones (excluding diaryl/α,β-unsaturated/α-hetero) is 1. The van der Waals surface area contributed by atoms with Crippen LogP contribution in [0.1, 0.15) is 46.0 Å². The maximum absolute atomic E-state index is 12.2. The average molecular weight is 254 g/mol. The Balaban J connectivity index is 1.91. The number of aliphatic hydroxyl groups excluding tert-OH is 1. The molecule has 1 atom stereocenters. The number of ketones is 1. The number of carbonyl (C=O) groups excluding carboxylic acids is 2. The first kappa shape index (κ1) is 13.5. The third kappa shape index (κ3) is 2.58. The van der Waals surface area contributed by atoms with Crippen LogP contribution in [0.3, 0.4) is 0 Å². The summed E-state index contributed by atoms with van der Waals surface area (Å²) in [4.78, 5) is 23.5. The van der Waals surface area contributed by atoms with Crippen LogP contribution in [0, 0.1) is 16.7 Å². The number of rotatable bonds is 5. The lowest BCUT2D eigenvalue weighted by molar-refractivity contribution is -0.156. The first-order valence-corrected chi connectivity index (χ1v) is 6.69. The second-order valence-electron chi connectivity index (χ2n) is 6.53. The van der Waals surface area contributed by atoms with Crippen molar-refractivity contribution in [1.82, 2.24) is 0 Å². The van der Waals surface area contributed by atoms with Crippen LogP contribution >= 0.6 is 0 Å². The predicted octanol–water partition coefficient (Wildman–Crippen LogP) is 1.70. The Hall–Kier alpha value is -0.900. The van der Waals surface area contributed by atoms with Crippen molar-refractivity contribution in [3.05, 3.63) is 0 Å². The van der Waals surface area contributed by atoms with Gasteiger partial charge >= 0.3 is 5.97 Å². The molecule has 0 saturated heterocycles. The summed E-state index contributed by atoms with van der Waals surface area (Å²) in [7, 11) is 0. The highest BCUT2D eigenvalue weighted by Crippen LogP contribution is 2.57. The fourth-order valence-electron chi connectivity index (χ4n) is 2.65. The zero-order valence-corrected chi connectivity index (χ0v) is 11.2. The van der Waals surface area contributed by atoms with Gasteiger partial charge in [-0.1, -0.05) is 13.8 Å². The lowest BCUT2D eigenvalue weighted by Gasteiger charge is -2.25. The van der Waals surface area contributed by atoms with Crippen LogP contribution in [0.15, 0.2) is 0 Å². The molecule has 0 aromatic carbocycles. The molecule has 4 nitrogen and oxygen atoms in total. The van der Waals surface area contributed by atoms with E-state index in [1.165, 1.54) is 0 Å². The van der Waals surface area contributed by atoms with Crippen molar-refractivity contribution in [3.8, 4) is 0 Å². The molecule has 18 heavy (non-hydrogen) atoms. The quantitative estimate of drug-likeness (QED) is 0.758. The minimum absolute atomic E-state index is 0.00477. The molecule has 2 rings (SSSR count). The maximum atomic E-state index is 12.2. The molecule has 0 aromatic rings. The molecule has 4 heteroatoms. The summed E-state index contributed by atoms with van der Waals surface area (Å²) in [6.07, 6.45) is 3.68. The van der Waals surface area contributed by atoms with E-state index >= 15 is 0 Å². The molecule has 2 aliphatic carbocycles. The molecule has 2 saturated carbocycles. The lowest BCUT2D eigenvalue weighted by Crippen LogP contribution is -2.31. The van der Waals surface area contributed by atoms with Crippen LogP contribution in [-0.2, 0) is 14.3 Å². The van der Waals surface area contributed by atoms with E-state index in [0.29, 0.717) is 12.8 Å². The smallest absolute Gasteiger partial charge is 0.312 e. The van der Waals surface area contributed by atoms with Crippen LogP contribution in [0.25, 0.3) is 0 Å². The highest BCUT2D eigenvalue weighted by Gasteiger charge is 2.58. The van der Waals surface area contributed by atoms with Crippen LogP contribution in [-0.4, -0.2) is 30.1 Å². The van der Waals surface area contributed by atoms with Gasteiger partial charge in [0.1, 0.15) is 5.78 Å². The first-order valence-electron chi connectivity index (χ1n) is 6.69. The van der Waals surface area contributed by atoms with E-state index in [2.05, 4.69) is 0 Å². The molecule has 0 radical (unpaired) electrons. The molecule has 0 amide bonds. The maximum Gasteiger partial charge on any atom is 0.312 e.